The maximum atomic E-state index is 12.0. The fraction of sp³-hybridized carbons (Fsp3) is 0.273. The van der Waals surface area contributed by atoms with E-state index >= 15 is 0 Å². The van der Waals surface area contributed by atoms with Crippen LogP contribution in [0.25, 0.3) is 0 Å². The summed E-state index contributed by atoms with van der Waals surface area (Å²) in [7, 11) is -7.08. The minimum atomic E-state index is -3.65. The zero-order chi connectivity index (χ0) is 13.4. The van der Waals surface area contributed by atoms with E-state index in [4.69, 9.17) is 11.6 Å². The molecule has 0 bridgehead atoms. The molecular formula is C11H11ClO4S2. The van der Waals surface area contributed by atoms with Crippen LogP contribution in [0.1, 0.15) is 10.8 Å². The fourth-order valence-electron chi connectivity index (χ4n) is 1.81. The summed E-state index contributed by atoms with van der Waals surface area (Å²) < 4.78 is 47.5. The van der Waals surface area contributed by atoms with Crippen molar-refractivity contribution >= 4 is 31.3 Å². The van der Waals surface area contributed by atoms with Gasteiger partial charge in [-0.3, -0.25) is 0 Å². The lowest BCUT2D eigenvalue weighted by molar-refractivity contribution is 0.584. The molecule has 2 rings (SSSR count). The van der Waals surface area contributed by atoms with Crippen molar-refractivity contribution in [2.24, 2.45) is 0 Å². The Hall–Kier alpha value is -0.850. The average molecular weight is 307 g/mol. The van der Waals surface area contributed by atoms with Crippen molar-refractivity contribution in [3.05, 3.63) is 46.3 Å². The maximum absolute atomic E-state index is 12.0. The Kier molecular flexibility index (Phi) is 3.53. The summed E-state index contributed by atoms with van der Waals surface area (Å²) in [5.41, 5.74) is 0.328. The van der Waals surface area contributed by atoms with Crippen LogP contribution in [-0.2, 0) is 19.7 Å². The molecule has 98 valence electrons. The minimum Gasteiger partial charge on any atom is -0.228 e. The summed E-state index contributed by atoms with van der Waals surface area (Å²) in [6, 6.07) is 6.39. The molecule has 1 aliphatic rings. The predicted molar refractivity (Wildman–Crippen MR) is 70.9 cm³/mol. The van der Waals surface area contributed by atoms with E-state index in [9.17, 15) is 16.8 Å². The average Bonchev–Trinajstić information content (AvgIpc) is 2.36. The Bertz CT molecular complexity index is 690. The van der Waals surface area contributed by atoms with Crippen molar-refractivity contribution in [3.8, 4) is 0 Å². The first-order valence-corrected chi connectivity index (χ1v) is 8.98. The molecule has 0 radical (unpaired) electrons. The molecule has 7 heteroatoms. The molecule has 0 saturated heterocycles. The Labute approximate surface area is 111 Å². The van der Waals surface area contributed by atoms with Crippen molar-refractivity contribution < 1.29 is 16.8 Å². The Balaban J connectivity index is 2.60. The normalized spacial score (nSPS) is 25.5. The molecule has 4 nitrogen and oxygen atoms in total. The monoisotopic (exact) mass is 306 g/mol. The number of hydrogen-bond acceptors (Lipinski definition) is 4. The second-order valence-electron chi connectivity index (χ2n) is 4.05. The van der Waals surface area contributed by atoms with Gasteiger partial charge >= 0.3 is 0 Å². The summed E-state index contributed by atoms with van der Waals surface area (Å²) in [5.74, 6) is -0.695. The highest BCUT2D eigenvalue weighted by molar-refractivity contribution is 7.97. The summed E-state index contributed by atoms with van der Waals surface area (Å²) in [4.78, 5) is 0. The van der Waals surface area contributed by atoms with Gasteiger partial charge in [-0.1, -0.05) is 35.9 Å². The molecule has 1 aliphatic heterocycles. The SMILES string of the molecule is O=S1(=O)CC=CS(=O)(=O)C(c2ccccc2Cl)C1. The van der Waals surface area contributed by atoms with E-state index in [1.54, 1.807) is 24.3 Å². The van der Waals surface area contributed by atoms with E-state index in [2.05, 4.69) is 0 Å². The van der Waals surface area contributed by atoms with Gasteiger partial charge in [0.05, 0.1) is 11.5 Å². The van der Waals surface area contributed by atoms with E-state index in [0.29, 0.717) is 5.56 Å². The van der Waals surface area contributed by atoms with E-state index in [-0.39, 0.29) is 10.8 Å². The molecule has 1 aromatic rings. The molecule has 0 N–H and O–H groups in total. The lowest BCUT2D eigenvalue weighted by Crippen LogP contribution is -2.20. The van der Waals surface area contributed by atoms with Gasteiger partial charge in [0, 0.05) is 10.4 Å². The highest BCUT2D eigenvalue weighted by atomic mass is 35.5. The smallest absolute Gasteiger partial charge is 0.179 e. The third-order valence-corrected chi connectivity index (χ3v) is 6.57. The lowest BCUT2D eigenvalue weighted by Gasteiger charge is -2.15. The first kappa shape index (κ1) is 13.6. The number of rotatable bonds is 1. The zero-order valence-corrected chi connectivity index (χ0v) is 11.7. The highest BCUT2D eigenvalue weighted by Crippen LogP contribution is 2.32. The van der Waals surface area contributed by atoms with Crippen molar-refractivity contribution in [1.82, 2.24) is 0 Å². The Morgan fingerprint density at radius 3 is 2.44 bits per heavy atom. The summed E-state index contributed by atoms with van der Waals surface area (Å²) in [5, 5.41) is 0.0949. The third-order valence-electron chi connectivity index (χ3n) is 2.69. The van der Waals surface area contributed by atoms with Gasteiger partial charge in [0.1, 0.15) is 5.25 Å². The second-order valence-corrected chi connectivity index (χ2v) is 8.63. The van der Waals surface area contributed by atoms with E-state index in [1.807, 2.05) is 0 Å². The summed E-state index contributed by atoms with van der Waals surface area (Å²) in [6.45, 7) is 0. The zero-order valence-electron chi connectivity index (χ0n) is 9.28. The molecule has 1 heterocycles. The molecule has 1 atom stereocenters. The standard InChI is InChI=1S/C11H11ClO4S2/c12-10-5-2-1-4-9(10)11-8-17(13,14)6-3-7-18(11,15)16/h1-5,7,11H,6,8H2. The number of halogens is 1. The number of hydrogen-bond donors (Lipinski definition) is 0. The van der Waals surface area contributed by atoms with E-state index in [1.165, 1.54) is 6.08 Å². The third kappa shape index (κ3) is 2.76. The molecular weight excluding hydrogens is 296 g/mol. The van der Waals surface area contributed by atoms with Crippen LogP contribution in [-0.4, -0.2) is 28.3 Å². The van der Waals surface area contributed by atoms with Gasteiger partial charge in [-0.05, 0) is 11.6 Å². The van der Waals surface area contributed by atoms with Gasteiger partial charge in [-0.15, -0.1) is 0 Å². The van der Waals surface area contributed by atoms with Crippen molar-refractivity contribution in [2.75, 3.05) is 11.5 Å². The Morgan fingerprint density at radius 2 is 1.78 bits per heavy atom. The van der Waals surface area contributed by atoms with Gasteiger partial charge < -0.3 is 0 Å². The van der Waals surface area contributed by atoms with Gasteiger partial charge in [0.2, 0.25) is 0 Å². The molecule has 18 heavy (non-hydrogen) atoms. The van der Waals surface area contributed by atoms with Crippen LogP contribution in [0, 0.1) is 0 Å². The van der Waals surface area contributed by atoms with Gasteiger partial charge in [0.15, 0.2) is 19.7 Å². The molecule has 1 aromatic carbocycles. The van der Waals surface area contributed by atoms with Crippen LogP contribution < -0.4 is 0 Å². The van der Waals surface area contributed by atoms with E-state index in [0.717, 1.165) is 5.41 Å². The molecule has 0 fully saturated rings. The van der Waals surface area contributed by atoms with Crippen LogP contribution in [0.3, 0.4) is 0 Å². The van der Waals surface area contributed by atoms with Crippen LogP contribution in [0.4, 0.5) is 0 Å². The van der Waals surface area contributed by atoms with Crippen molar-refractivity contribution in [3.63, 3.8) is 0 Å². The number of sulfone groups is 2. The maximum Gasteiger partial charge on any atom is 0.179 e. The lowest BCUT2D eigenvalue weighted by atomic mass is 10.2. The van der Waals surface area contributed by atoms with Crippen molar-refractivity contribution in [2.45, 2.75) is 5.25 Å². The van der Waals surface area contributed by atoms with E-state index < -0.39 is 30.7 Å². The summed E-state index contributed by atoms with van der Waals surface area (Å²) in [6.07, 6.45) is 1.17. The molecule has 1 unspecified atom stereocenters. The largest absolute Gasteiger partial charge is 0.228 e. The number of benzene rings is 1. The quantitative estimate of drug-likeness (QED) is 0.792. The van der Waals surface area contributed by atoms with Crippen LogP contribution in [0.15, 0.2) is 35.7 Å². The molecule has 0 aliphatic carbocycles. The topological polar surface area (TPSA) is 68.3 Å². The first-order chi connectivity index (χ1) is 8.32. The predicted octanol–water partition coefficient (Wildman–Crippen LogP) is 1.74. The first-order valence-electron chi connectivity index (χ1n) is 5.17. The summed E-state index contributed by atoms with van der Waals surface area (Å²) >= 11 is 5.95. The molecule has 0 aromatic heterocycles. The minimum absolute atomic E-state index is 0.257. The Morgan fingerprint density at radius 1 is 1.11 bits per heavy atom. The van der Waals surface area contributed by atoms with Crippen LogP contribution in [0.5, 0.6) is 0 Å². The fourth-order valence-corrected chi connectivity index (χ4v) is 5.93. The van der Waals surface area contributed by atoms with Gasteiger partial charge in [-0.2, -0.15) is 0 Å². The molecule has 0 saturated carbocycles. The highest BCUT2D eigenvalue weighted by Gasteiger charge is 2.33. The van der Waals surface area contributed by atoms with Crippen molar-refractivity contribution in [1.29, 1.82) is 0 Å². The molecule has 0 spiro atoms. The second kappa shape index (κ2) is 4.68. The van der Waals surface area contributed by atoms with Gasteiger partial charge in [-0.25, -0.2) is 16.8 Å². The van der Waals surface area contributed by atoms with Gasteiger partial charge in [0.25, 0.3) is 0 Å². The van der Waals surface area contributed by atoms with Crippen LogP contribution >= 0.6 is 11.6 Å². The molecule has 0 amide bonds. The van der Waals surface area contributed by atoms with Crippen LogP contribution in [0.2, 0.25) is 5.02 Å².